The van der Waals surface area contributed by atoms with Crippen LogP contribution in [0.5, 0.6) is 0 Å². The second kappa shape index (κ2) is 8.42. The Morgan fingerprint density at radius 2 is 1.75 bits per heavy atom. The topological polar surface area (TPSA) is 17.1 Å². The molecule has 0 aromatic heterocycles. The molecule has 0 aliphatic rings. The van der Waals surface area contributed by atoms with E-state index in [1.165, 1.54) is 16.7 Å². The van der Waals surface area contributed by atoms with E-state index < -0.39 is 0 Å². The first-order valence-corrected chi connectivity index (χ1v) is 5.09. The average Bonchev–Trinajstić information content (AvgIpc) is 2.32. The minimum Gasteiger partial charge on any atom is -0.307 e. The summed E-state index contributed by atoms with van der Waals surface area (Å²) in [5.41, 5.74) is 3.71. The third-order valence-electron chi connectivity index (χ3n) is 2.03. The van der Waals surface area contributed by atoms with E-state index in [1.807, 2.05) is 31.9 Å². The Morgan fingerprint density at radius 1 is 1.19 bits per heavy atom. The molecule has 1 rings (SSSR count). The molecular weight excluding hydrogens is 196 g/mol. The van der Waals surface area contributed by atoms with E-state index in [2.05, 4.69) is 43.8 Å². The number of hydrogen-bond acceptors (Lipinski definition) is 1. The van der Waals surface area contributed by atoms with Crippen LogP contribution in [0, 0.1) is 6.92 Å². The molecule has 0 spiro atoms. The zero-order valence-corrected chi connectivity index (χ0v) is 9.94. The van der Waals surface area contributed by atoms with E-state index in [0.717, 1.165) is 0 Å². The van der Waals surface area contributed by atoms with Gasteiger partial charge in [-0.3, -0.25) is 0 Å². The van der Waals surface area contributed by atoms with Gasteiger partial charge < -0.3 is 4.79 Å². The number of aryl methyl sites for hydroxylation is 1. The first-order chi connectivity index (χ1) is 7.77. The Labute approximate surface area is 97.8 Å². The van der Waals surface area contributed by atoms with Gasteiger partial charge in [0.05, 0.1) is 0 Å². The van der Waals surface area contributed by atoms with Gasteiger partial charge in [0.15, 0.2) is 0 Å². The Kier molecular flexibility index (Phi) is 7.43. The zero-order chi connectivity index (χ0) is 12.4. The van der Waals surface area contributed by atoms with Gasteiger partial charge in [-0.05, 0) is 25.0 Å². The fraction of sp³-hybridized carbons (Fsp3) is 0.133. The van der Waals surface area contributed by atoms with E-state index in [0.29, 0.717) is 0 Å². The van der Waals surface area contributed by atoms with E-state index in [1.54, 1.807) is 0 Å². The van der Waals surface area contributed by atoms with Crippen LogP contribution in [0.3, 0.4) is 0 Å². The second-order valence-electron chi connectivity index (χ2n) is 3.22. The second-order valence-corrected chi connectivity index (χ2v) is 3.22. The number of rotatable bonds is 3. The van der Waals surface area contributed by atoms with Crippen LogP contribution in [0.1, 0.15) is 18.1 Å². The number of hydrogen-bond donors (Lipinski definition) is 0. The van der Waals surface area contributed by atoms with Crippen molar-refractivity contribution in [3.05, 3.63) is 66.3 Å². The summed E-state index contributed by atoms with van der Waals surface area (Å²) < 4.78 is 0. The maximum Gasteiger partial charge on any atom is 0.106 e. The van der Waals surface area contributed by atoms with Crippen molar-refractivity contribution in [1.82, 2.24) is 0 Å². The summed E-state index contributed by atoms with van der Waals surface area (Å²) in [7, 11) is 0. The molecule has 0 unspecified atom stereocenters. The maximum absolute atomic E-state index is 8.00. The first-order valence-electron chi connectivity index (χ1n) is 5.09. The minimum absolute atomic E-state index is 1.20. The van der Waals surface area contributed by atoms with Crippen LogP contribution in [0.15, 0.2) is 55.1 Å². The lowest BCUT2D eigenvalue weighted by atomic mass is 10.0. The molecule has 84 valence electrons. The SMILES string of the molecule is C=C/C=C(\C=C/C)c1ccc(C)cc1.C=O. The number of benzene rings is 1. The van der Waals surface area contributed by atoms with Crippen LogP contribution in [0.2, 0.25) is 0 Å². The third kappa shape index (κ3) is 4.56. The highest BCUT2D eigenvalue weighted by atomic mass is 16.1. The predicted molar refractivity (Wildman–Crippen MR) is 71.3 cm³/mol. The van der Waals surface area contributed by atoms with Crippen LogP contribution in [-0.2, 0) is 4.79 Å². The highest BCUT2D eigenvalue weighted by molar-refractivity contribution is 5.75. The summed E-state index contributed by atoms with van der Waals surface area (Å²) in [6.45, 7) is 9.83. The Balaban J connectivity index is 0.00000106. The number of allylic oxidation sites excluding steroid dienone is 5. The fourth-order valence-electron chi connectivity index (χ4n) is 1.30. The van der Waals surface area contributed by atoms with Crippen molar-refractivity contribution in [3.63, 3.8) is 0 Å². The van der Waals surface area contributed by atoms with E-state index in [-0.39, 0.29) is 0 Å². The van der Waals surface area contributed by atoms with Crippen LogP contribution in [0.25, 0.3) is 5.57 Å². The maximum atomic E-state index is 8.00. The molecule has 0 aliphatic heterocycles. The molecule has 1 aromatic rings. The summed E-state index contributed by atoms with van der Waals surface area (Å²) in [4.78, 5) is 8.00. The number of carbonyl (C=O) groups excluding carboxylic acids is 1. The molecule has 0 saturated heterocycles. The van der Waals surface area contributed by atoms with Crippen molar-refractivity contribution in [2.45, 2.75) is 13.8 Å². The van der Waals surface area contributed by atoms with Gasteiger partial charge in [0.1, 0.15) is 6.79 Å². The highest BCUT2D eigenvalue weighted by Gasteiger charge is 1.95. The van der Waals surface area contributed by atoms with Gasteiger partial charge in [-0.1, -0.05) is 60.7 Å². The van der Waals surface area contributed by atoms with Gasteiger partial charge in [-0.2, -0.15) is 0 Å². The van der Waals surface area contributed by atoms with Gasteiger partial charge in [-0.25, -0.2) is 0 Å². The zero-order valence-electron chi connectivity index (χ0n) is 9.94. The lowest BCUT2D eigenvalue weighted by molar-refractivity contribution is -0.0979. The molecule has 0 bridgehead atoms. The van der Waals surface area contributed by atoms with Gasteiger partial charge in [0.2, 0.25) is 0 Å². The molecule has 0 fully saturated rings. The molecular formula is C15H18O. The summed E-state index contributed by atoms with van der Waals surface area (Å²) in [5.74, 6) is 0. The normalized spacial score (nSPS) is 10.8. The molecule has 0 saturated carbocycles. The first kappa shape index (κ1) is 14.1. The molecule has 0 radical (unpaired) electrons. The molecule has 0 N–H and O–H groups in total. The third-order valence-corrected chi connectivity index (χ3v) is 2.03. The standard InChI is InChI=1S/C14H16.CH2O/c1-4-6-13(7-5-2)14-10-8-12(3)9-11-14;1-2/h4-11H,1H2,2-3H3;1H2/b7-5-,13-6+;. The van der Waals surface area contributed by atoms with E-state index in [4.69, 9.17) is 4.79 Å². The predicted octanol–water partition coefficient (Wildman–Crippen LogP) is 3.96. The molecule has 0 amide bonds. The van der Waals surface area contributed by atoms with Crippen molar-refractivity contribution in [2.75, 3.05) is 0 Å². The van der Waals surface area contributed by atoms with Gasteiger partial charge in [-0.15, -0.1) is 0 Å². The highest BCUT2D eigenvalue weighted by Crippen LogP contribution is 2.16. The quantitative estimate of drug-likeness (QED) is 0.696. The average molecular weight is 214 g/mol. The van der Waals surface area contributed by atoms with Gasteiger partial charge in [0, 0.05) is 0 Å². The van der Waals surface area contributed by atoms with Crippen molar-refractivity contribution in [3.8, 4) is 0 Å². The largest absolute Gasteiger partial charge is 0.307 e. The molecule has 16 heavy (non-hydrogen) atoms. The lowest BCUT2D eigenvalue weighted by Gasteiger charge is -2.02. The monoisotopic (exact) mass is 214 g/mol. The van der Waals surface area contributed by atoms with Crippen molar-refractivity contribution >= 4 is 12.4 Å². The van der Waals surface area contributed by atoms with Crippen molar-refractivity contribution < 1.29 is 4.79 Å². The lowest BCUT2D eigenvalue weighted by Crippen LogP contribution is -1.80. The summed E-state index contributed by atoms with van der Waals surface area (Å²) in [5, 5.41) is 0. The van der Waals surface area contributed by atoms with Crippen molar-refractivity contribution in [2.24, 2.45) is 0 Å². The van der Waals surface area contributed by atoms with Crippen molar-refractivity contribution in [1.29, 1.82) is 0 Å². The summed E-state index contributed by atoms with van der Waals surface area (Å²) >= 11 is 0. The number of carbonyl (C=O) groups is 1. The van der Waals surface area contributed by atoms with Crippen LogP contribution in [-0.4, -0.2) is 6.79 Å². The van der Waals surface area contributed by atoms with Gasteiger partial charge >= 0.3 is 0 Å². The minimum atomic E-state index is 1.20. The van der Waals surface area contributed by atoms with Crippen LogP contribution < -0.4 is 0 Å². The fourth-order valence-corrected chi connectivity index (χ4v) is 1.30. The molecule has 0 atom stereocenters. The molecule has 0 aliphatic carbocycles. The van der Waals surface area contributed by atoms with E-state index in [9.17, 15) is 0 Å². The summed E-state index contributed by atoms with van der Waals surface area (Å²) in [6.07, 6.45) is 7.96. The molecule has 1 nitrogen and oxygen atoms in total. The molecule has 1 aromatic carbocycles. The Bertz CT molecular complexity index is 369. The Morgan fingerprint density at radius 3 is 2.19 bits per heavy atom. The summed E-state index contributed by atoms with van der Waals surface area (Å²) in [6, 6.07) is 8.50. The molecule has 1 heteroatoms. The smallest absolute Gasteiger partial charge is 0.106 e. The van der Waals surface area contributed by atoms with E-state index >= 15 is 0 Å². The van der Waals surface area contributed by atoms with Crippen LogP contribution in [0.4, 0.5) is 0 Å². The van der Waals surface area contributed by atoms with Gasteiger partial charge in [0.25, 0.3) is 0 Å². The molecule has 0 heterocycles. The Hall–Kier alpha value is -1.89. The van der Waals surface area contributed by atoms with Crippen LogP contribution >= 0.6 is 0 Å².